The van der Waals surface area contributed by atoms with Gasteiger partial charge in [0, 0.05) is 38.8 Å². The van der Waals surface area contributed by atoms with Crippen LogP contribution in [0.4, 0.5) is 0 Å². The molecule has 2 fully saturated rings. The van der Waals surface area contributed by atoms with Crippen LogP contribution in [0.3, 0.4) is 0 Å². The molecule has 0 heterocycles. The van der Waals surface area contributed by atoms with E-state index in [9.17, 15) is 9.59 Å². The fourth-order valence-corrected chi connectivity index (χ4v) is 6.14. The second-order valence-electron chi connectivity index (χ2n) is 10.8. The number of guanidine groups is 1. The Labute approximate surface area is 220 Å². The Bertz CT molecular complexity index is 1100. The Morgan fingerprint density at radius 2 is 1.89 bits per heavy atom. The van der Waals surface area contributed by atoms with Gasteiger partial charge in [0.15, 0.2) is 5.96 Å². The number of aliphatic imine (C=N–C) groups is 1. The molecule has 2 aromatic carbocycles. The first kappa shape index (κ1) is 26.9. The maximum Gasteiger partial charge on any atom is 0.251 e. The van der Waals surface area contributed by atoms with Gasteiger partial charge in [0.25, 0.3) is 5.91 Å². The molecule has 0 aromatic heterocycles. The van der Waals surface area contributed by atoms with E-state index < -0.39 is 0 Å². The molecule has 4 atom stereocenters. The number of likely N-dealkylation sites (N-methyl/N-ethyl adjacent to an activating group) is 1. The predicted octanol–water partition coefficient (Wildman–Crippen LogP) is 2.87. The number of hydrogen-bond donors (Lipinski definition) is 4. The topological polar surface area (TPSA) is 126 Å². The van der Waals surface area contributed by atoms with Crippen molar-refractivity contribution in [3.05, 3.63) is 48.0 Å². The summed E-state index contributed by atoms with van der Waals surface area (Å²) in [5.74, 6) is 2.60. The van der Waals surface area contributed by atoms with Crippen molar-refractivity contribution in [1.82, 2.24) is 15.5 Å². The summed E-state index contributed by atoms with van der Waals surface area (Å²) < 4.78 is 0. The van der Waals surface area contributed by atoms with Gasteiger partial charge in [-0.05, 0) is 79.2 Å². The SMILES string of the molecule is CN(CCC1CC2CCC1C2)C(=O)[C@H](CCCN=C(N)N)NCCNC(=O)c1ccc2ccccc2c1. The van der Waals surface area contributed by atoms with Gasteiger partial charge in [-0.25, -0.2) is 0 Å². The second kappa shape index (κ2) is 12.9. The fourth-order valence-electron chi connectivity index (χ4n) is 6.14. The third-order valence-corrected chi connectivity index (χ3v) is 8.15. The van der Waals surface area contributed by atoms with E-state index in [2.05, 4.69) is 15.6 Å². The molecule has 8 heteroatoms. The Morgan fingerprint density at radius 3 is 2.62 bits per heavy atom. The summed E-state index contributed by atoms with van der Waals surface area (Å²) in [5.41, 5.74) is 11.5. The monoisotopic (exact) mass is 506 g/mol. The Morgan fingerprint density at radius 1 is 1.08 bits per heavy atom. The fraction of sp³-hybridized carbons (Fsp3) is 0.552. The zero-order valence-corrected chi connectivity index (χ0v) is 22.0. The molecule has 37 heavy (non-hydrogen) atoms. The molecule has 2 aliphatic carbocycles. The lowest BCUT2D eigenvalue weighted by Gasteiger charge is -2.28. The van der Waals surface area contributed by atoms with Gasteiger partial charge in [-0.15, -0.1) is 0 Å². The van der Waals surface area contributed by atoms with Crippen molar-refractivity contribution in [3.8, 4) is 0 Å². The van der Waals surface area contributed by atoms with Gasteiger partial charge in [-0.2, -0.15) is 0 Å². The maximum absolute atomic E-state index is 13.3. The van der Waals surface area contributed by atoms with E-state index >= 15 is 0 Å². The van der Waals surface area contributed by atoms with Gasteiger partial charge in [-0.3, -0.25) is 14.6 Å². The normalized spacial score (nSPS) is 21.1. The summed E-state index contributed by atoms with van der Waals surface area (Å²) in [7, 11) is 1.90. The minimum Gasteiger partial charge on any atom is -0.370 e. The van der Waals surface area contributed by atoms with Crippen LogP contribution < -0.4 is 22.1 Å². The molecule has 200 valence electrons. The van der Waals surface area contributed by atoms with Crippen LogP contribution in [0.15, 0.2) is 47.5 Å². The first-order valence-electron chi connectivity index (χ1n) is 13.7. The van der Waals surface area contributed by atoms with E-state index in [1.165, 1.54) is 25.7 Å². The Kier molecular flexibility index (Phi) is 9.39. The first-order chi connectivity index (χ1) is 17.9. The van der Waals surface area contributed by atoms with Gasteiger partial charge in [0.2, 0.25) is 5.91 Å². The van der Waals surface area contributed by atoms with Crippen molar-refractivity contribution >= 4 is 28.5 Å². The lowest BCUT2D eigenvalue weighted by atomic mass is 9.86. The highest BCUT2D eigenvalue weighted by Gasteiger charge is 2.39. The highest BCUT2D eigenvalue weighted by atomic mass is 16.2. The van der Waals surface area contributed by atoms with E-state index in [1.54, 1.807) is 0 Å². The minimum absolute atomic E-state index is 0.0650. The van der Waals surface area contributed by atoms with Crippen LogP contribution in [-0.4, -0.2) is 61.9 Å². The van der Waals surface area contributed by atoms with Crippen molar-refractivity contribution in [2.24, 2.45) is 34.2 Å². The minimum atomic E-state index is -0.336. The van der Waals surface area contributed by atoms with Gasteiger partial charge < -0.3 is 27.0 Å². The molecule has 4 rings (SSSR count). The third kappa shape index (κ3) is 7.44. The summed E-state index contributed by atoms with van der Waals surface area (Å²) in [6.07, 6.45) is 7.91. The number of hydrogen-bond acceptors (Lipinski definition) is 4. The molecular formula is C29H42N6O2. The van der Waals surface area contributed by atoms with Gasteiger partial charge in [0.1, 0.15) is 0 Å². The molecule has 2 bridgehead atoms. The van der Waals surface area contributed by atoms with E-state index in [-0.39, 0.29) is 23.8 Å². The van der Waals surface area contributed by atoms with Crippen molar-refractivity contribution < 1.29 is 9.59 Å². The Hall–Kier alpha value is -3.13. The van der Waals surface area contributed by atoms with Crippen LogP contribution in [0.1, 0.15) is 55.3 Å². The summed E-state index contributed by atoms with van der Waals surface area (Å²) in [5, 5.41) is 8.47. The standard InChI is InChI=1S/C29H42N6O2/c1-35(16-12-24-18-20-8-9-23(24)17-20)28(37)26(7-4-13-34-29(30)31)32-14-15-33-27(36)25-11-10-21-5-2-3-6-22(21)19-25/h2-3,5-6,10-11,19-20,23-24,26,32H,4,7-9,12-18H2,1H3,(H,33,36)(H4,30,31,34)/t20?,23?,24?,26-/m0/s1. The quantitative estimate of drug-likeness (QED) is 0.189. The molecule has 0 spiro atoms. The third-order valence-electron chi connectivity index (χ3n) is 8.15. The van der Waals surface area contributed by atoms with Gasteiger partial charge in [0.05, 0.1) is 6.04 Å². The molecule has 6 N–H and O–H groups in total. The van der Waals surface area contributed by atoms with Crippen molar-refractivity contribution in [2.45, 2.75) is 51.0 Å². The first-order valence-corrected chi connectivity index (χ1v) is 13.7. The van der Waals surface area contributed by atoms with Crippen LogP contribution in [0.5, 0.6) is 0 Å². The summed E-state index contributed by atoms with van der Waals surface area (Å²) in [6.45, 7) is 2.20. The molecule has 2 aromatic rings. The summed E-state index contributed by atoms with van der Waals surface area (Å²) >= 11 is 0. The van der Waals surface area contributed by atoms with Crippen LogP contribution >= 0.6 is 0 Å². The van der Waals surface area contributed by atoms with Gasteiger partial charge in [-0.1, -0.05) is 36.8 Å². The number of fused-ring (bicyclic) bond motifs is 3. The number of nitrogens with one attached hydrogen (secondary N) is 2. The van der Waals surface area contributed by atoms with Crippen molar-refractivity contribution in [3.63, 3.8) is 0 Å². The summed E-state index contributed by atoms with van der Waals surface area (Å²) in [4.78, 5) is 31.9. The van der Waals surface area contributed by atoms with Crippen molar-refractivity contribution in [1.29, 1.82) is 0 Å². The molecule has 0 radical (unpaired) electrons. The lowest BCUT2D eigenvalue weighted by molar-refractivity contribution is -0.132. The molecule has 0 aliphatic heterocycles. The highest BCUT2D eigenvalue weighted by Crippen LogP contribution is 2.49. The summed E-state index contributed by atoms with van der Waals surface area (Å²) in [6, 6.07) is 13.3. The maximum atomic E-state index is 13.3. The number of carbonyl (C=O) groups excluding carboxylic acids is 2. The Balaban J connectivity index is 1.25. The molecule has 8 nitrogen and oxygen atoms in total. The molecule has 2 saturated carbocycles. The molecule has 2 aliphatic rings. The predicted molar refractivity (Wildman–Crippen MR) is 149 cm³/mol. The molecular weight excluding hydrogens is 464 g/mol. The molecule has 3 unspecified atom stereocenters. The van der Waals surface area contributed by atoms with E-state index in [0.29, 0.717) is 38.0 Å². The van der Waals surface area contributed by atoms with Crippen molar-refractivity contribution in [2.75, 3.05) is 33.2 Å². The lowest BCUT2D eigenvalue weighted by Crippen LogP contribution is -2.47. The van der Waals surface area contributed by atoms with Crippen LogP contribution in [0.2, 0.25) is 0 Å². The second-order valence-corrected chi connectivity index (χ2v) is 10.8. The average Bonchev–Trinajstić information content (AvgIpc) is 3.53. The van der Waals surface area contributed by atoms with Crippen LogP contribution in [-0.2, 0) is 4.79 Å². The molecule has 0 saturated heterocycles. The molecule has 2 amide bonds. The number of carbonyl (C=O) groups is 2. The van der Waals surface area contributed by atoms with E-state index in [4.69, 9.17) is 11.5 Å². The number of nitrogens with two attached hydrogens (primary N) is 2. The highest BCUT2D eigenvalue weighted by molar-refractivity contribution is 5.98. The number of amides is 2. The average molecular weight is 507 g/mol. The van der Waals surface area contributed by atoms with Gasteiger partial charge >= 0.3 is 0 Å². The van der Waals surface area contributed by atoms with E-state index in [0.717, 1.165) is 41.5 Å². The van der Waals surface area contributed by atoms with E-state index in [1.807, 2.05) is 54.4 Å². The smallest absolute Gasteiger partial charge is 0.251 e. The zero-order valence-electron chi connectivity index (χ0n) is 22.0. The number of rotatable bonds is 13. The van der Waals surface area contributed by atoms with Crippen LogP contribution in [0.25, 0.3) is 10.8 Å². The zero-order chi connectivity index (χ0) is 26.2. The number of benzene rings is 2. The largest absolute Gasteiger partial charge is 0.370 e. The van der Waals surface area contributed by atoms with Crippen LogP contribution in [0, 0.1) is 17.8 Å². The number of nitrogens with zero attached hydrogens (tertiary/aromatic N) is 2.